The second kappa shape index (κ2) is 6.17. The lowest BCUT2D eigenvalue weighted by Crippen LogP contribution is -1.93. The van der Waals surface area contributed by atoms with Crippen LogP contribution in [0.25, 0.3) is 10.9 Å². The van der Waals surface area contributed by atoms with Crippen LogP contribution >= 0.6 is 44.5 Å². The SMILES string of the molecule is Br.CCCc1cc(Br)c2cc(Cl)cc(C)c2n1. The molecule has 92 valence electrons. The highest BCUT2D eigenvalue weighted by atomic mass is 79.9. The van der Waals surface area contributed by atoms with Crippen molar-refractivity contribution in [1.29, 1.82) is 0 Å². The molecule has 4 heteroatoms. The normalized spacial score (nSPS) is 10.4. The van der Waals surface area contributed by atoms with Crippen molar-refractivity contribution < 1.29 is 0 Å². The Morgan fingerprint density at radius 3 is 2.65 bits per heavy atom. The molecule has 1 aromatic heterocycles. The summed E-state index contributed by atoms with van der Waals surface area (Å²) in [5.41, 5.74) is 3.30. The molecule has 2 rings (SSSR count). The molecule has 1 nitrogen and oxygen atoms in total. The van der Waals surface area contributed by atoms with Gasteiger partial charge in [0.2, 0.25) is 0 Å². The van der Waals surface area contributed by atoms with Crippen LogP contribution in [0.2, 0.25) is 5.02 Å². The first kappa shape index (κ1) is 14.9. The van der Waals surface area contributed by atoms with Gasteiger partial charge in [-0.15, -0.1) is 17.0 Å². The molecule has 0 radical (unpaired) electrons. The van der Waals surface area contributed by atoms with E-state index in [2.05, 4.69) is 33.9 Å². The summed E-state index contributed by atoms with van der Waals surface area (Å²) in [7, 11) is 0. The van der Waals surface area contributed by atoms with Gasteiger partial charge in [0.15, 0.2) is 0 Å². The predicted octanol–water partition coefficient (Wildman–Crippen LogP) is 5.49. The monoisotopic (exact) mass is 377 g/mol. The fraction of sp³-hybridized carbons (Fsp3) is 0.308. The molecule has 0 saturated heterocycles. The number of fused-ring (bicyclic) bond motifs is 1. The number of rotatable bonds is 2. The van der Waals surface area contributed by atoms with E-state index in [1.165, 1.54) is 0 Å². The van der Waals surface area contributed by atoms with Gasteiger partial charge in [-0.05, 0) is 37.1 Å². The smallest absolute Gasteiger partial charge is 0.0746 e. The van der Waals surface area contributed by atoms with E-state index in [0.717, 1.165) is 44.5 Å². The van der Waals surface area contributed by atoms with E-state index in [0.29, 0.717) is 0 Å². The molecule has 0 unspecified atom stereocenters. The highest BCUT2D eigenvalue weighted by Gasteiger charge is 2.07. The number of aryl methyl sites for hydroxylation is 2. The molecule has 0 spiro atoms. The highest BCUT2D eigenvalue weighted by molar-refractivity contribution is 9.10. The number of pyridine rings is 1. The molecular formula is C13H14Br2ClN. The van der Waals surface area contributed by atoms with Gasteiger partial charge in [0, 0.05) is 20.6 Å². The zero-order valence-corrected chi connectivity index (χ0v) is 13.8. The average Bonchev–Trinajstić information content (AvgIpc) is 2.20. The number of hydrogen-bond acceptors (Lipinski definition) is 1. The number of benzene rings is 1. The van der Waals surface area contributed by atoms with E-state index in [9.17, 15) is 0 Å². The molecule has 0 aliphatic heterocycles. The lowest BCUT2D eigenvalue weighted by atomic mass is 10.1. The van der Waals surface area contributed by atoms with Crippen LogP contribution in [-0.4, -0.2) is 4.98 Å². The number of nitrogens with zero attached hydrogens (tertiary/aromatic N) is 1. The standard InChI is InChI=1S/C13H13BrClN.BrH/c1-3-4-10-7-12(14)11-6-9(15)5-8(2)13(11)16-10;/h5-7H,3-4H2,1-2H3;1H. The summed E-state index contributed by atoms with van der Waals surface area (Å²) in [4.78, 5) is 4.68. The molecule has 0 bridgehead atoms. The maximum Gasteiger partial charge on any atom is 0.0746 e. The summed E-state index contributed by atoms with van der Waals surface area (Å²) >= 11 is 9.64. The third-order valence-corrected chi connectivity index (χ3v) is 3.45. The van der Waals surface area contributed by atoms with E-state index >= 15 is 0 Å². The molecule has 1 aromatic carbocycles. The van der Waals surface area contributed by atoms with Gasteiger partial charge in [0.1, 0.15) is 0 Å². The van der Waals surface area contributed by atoms with Gasteiger partial charge in [-0.25, -0.2) is 0 Å². The van der Waals surface area contributed by atoms with E-state index in [1.54, 1.807) is 0 Å². The first-order valence-corrected chi connectivity index (χ1v) is 6.54. The van der Waals surface area contributed by atoms with Crippen LogP contribution in [0.1, 0.15) is 24.6 Å². The molecular weight excluding hydrogens is 365 g/mol. The summed E-state index contributed by atoms with van der Waals surface area (Å²) in [5.74, 6) is 0. The van der Waals surface area contributed by atoms with E-state index in [1.807, 2.05) is 19.1 Å². The molecule has 2 aromatic rings. The lowest BCUT2D eigenvalue weighted by Gasteiger charge is -2.07. The molecule has 0 fully saturated rings. The zero-order chi connectivity index (χ0) is 11.7. The molecule has 0 atom stereocenters. The van der Waals surface area contributed by atoms with Gasteiger partial charge >= 0.3 is 0 Å². The topological polar surface area (TPSA) is 12.9 Å². The van der Waals surface area contributed by atoms with E-state index in [4.69, 9.17) is 11.6 Å². The van der Waals surface area contributed by atoms with E-state index < -0.39 is 0 Å². The third kappa shape index (κ3) is 3.21. The highest BCUT2D eigenvalue weighted by Crippen LogP contribution is 2.29. The average molecular weight is 380 g/mol. The van der Waals surface area contributed by atoms with Crippen molar-refractivity contribution in [2.24, 2.45) is 0 Å². The quantitative estimate of drug-likeness (QED) is 0.672. The van der Waals surface area contributed by atoms with Crippen LogP contribution < -0.4 is 0 Å². The van der Waals surface area contributed by atoms with Crippen molar-refractivity contribution in [3.63, 3.8) is 0 Å². The van der Waals surface area contributed by atoms with Crippen molar-refractivity contribution in [2.45, 2.75) is 26.7 Å². The Morgan fingerprint density at radius 2 is 2.00 bits per heavy atom. The minimum atomic E-state index is 0. The molecule has 0 N–H and O–H groups in total. The first-order chi connectivity index (χ1) is 7.61. The van der Waals surface area contributed by atoms with Gasteiger partial charge in [-0.1, -0.05) is 40.9 Å². The zero-order valence-electron chi connectivity index (χ0n) is 9.76. The minimum Gasteiger partial charge on any atom is -0.252 e. The largest absolute Gasteiger partial charge is 0.252 e. The molecule has 0 aliphatic rings. The number of hydrogen-bond donors (Lipinski definition) is 0. The number of halogens is 3. The molecule has 17 heavy (non-hydrogen) atoms. The van der Waals surface area contributed by atoms with Gasteiger partial charge in [0.25, 0.3) is 0 Å². The van der Waals surface area contributed by atoms with Gasteiger partial charge in [0.05, 0.1) is 5.52 Å². The number of aromatic nitrogens is 1. The van der Waals surface area contributed by atoms with Crippen LogP contribution in [0.3, 0.4) is 0 Å². The minimum absolute atomic E-state index is 0. The van der Waals surface area contributed by atoms with Crippen LogP contribution in [0.5, 0.6) is 0 Å². The summed E-state index contributed by atoms with van der Waals surface area (Å²) < 4.78 is 1.08. The Hall–Kier alpha value is -0.120. The van der Waals surface area contributed by atoms with Gasteiger partial charge < -0.3 is 0 Å². The van der Waals surface area contributed by atoms with Crippen molar-refractivity contribution in [3.8, 4) is 0 Å². The maximum atomic E-state index is 6.05. The van der Waals surface area contributed by atoms with Crippen molar-refractivity contribution >= 4 is 55.4 Å². The Bertz CT molecular complexity index is 540. The molecule has 0 saturated carbocycles. The molecule has 1 heterocycles. The lowest BCUT2D eigenvalue weighted by molar-refractivity contribution is 0.888. The van der Waals surface area contributed by atoms with Crippen LogP contribution in [-0.2, 0) is 6.42 Å². The third-order valence-electron chi connectivity index (χ3n) is 2.58. The summed E-state index contributed by atoms with van der Waals surface area (Å²) in [6.45, 7) is 4.21. The van der Waals surface area contributed by atoms with Crippen LogP contribution in [0.4, 0.5) is 0 Å². The van der Waals surface area contributed by atoms with Gasteiger partial charge in [-0.2, -0.15) is 0 Å². The first-order valence-electron chi connectivity index (χ1n) is 5.37. The van der Waals surface area contributed by atoms with Crippen molar-refractivity contribution in [2.75, 3.05) is 0 Å². The van der Waals surface area contributed by atoms with E-state index in [-0.39, 0.29) is 17.0 Å². The predicted molar refractivity (Wildman–Crippen MR) is 83.5 cm³/mol. The second-order valence-corrected chi connectivity index (χ2v) is 5.26. The fourth-order valence-electron chi connectivity index (χ4n) is 1.85. The Balaban J connectivity index is 0.00000144. The molecule has 0 amide bonds. The van der Waals surface area contributed by atoms with Crippen molar-refractivity contribution in [1.82, 2.24) is 4.98 Å². The summed E-state index contributed by atoms with van der Waals surface area (Å²) in [5, 5.41) is 1.85. The van der Waals surface area contributed by atoms with Gasteiger partial charge in [-0.3, -0.25) is 4.98 Å². The Morgan fingerprint density at radius 1 is 1.29 bits per heavy atom. The second-order valence-electron chi connectivity index (χ2n) is 3.96. The molecule has 0 aliphatic carbocycles. The Kier molecular flexibility index (Phi) is 5.42. The van der Waals surface area contributed by atoms with Crippen LogP contribution in [0.15, 0.2) is 22.7 Å². The summed E-state index contributed by atoms with van der Waals surface area (Å²) in [6.07, 6.45) is 2.12. The van der Waals surface area contributed by atoms with Crippen LogP contribution in [0, 0.1) is 6.92 Å². The Labute approximate surface area is 125 Å². The maximum absolute atomic E-state index is 6.05. The summed E-state index contributed by atoms with van der Waals surface area (Å²) in [6, 6.07) is 6.00. The fourth-order valence-corrected chi connectivity index (χ4v) is 2.69. The van der Waals surface area contributed by atoms with Crippen molar-refractivity contribution in [3.05, 3.63) is 39.0 Å².